The van der Waals surface area contributed by atoms with Gasteiger partial charge in [0.15, 0.2) is 0 Å². The molecule has 0 bridgehead atoms. The van der Waals surface area contributed by atoms with Crippen LogP contribution >= 0.6 is 0 Å². The maximum Gasteiger partial charge on any atom is 0.0390 e. The smallest absolute Gasteiger partial charge is 0.0390 e. The predicted octanol–water partition coefficient (Wildman–Crippen LogP) is 6.65. The first-order valence-corrected chi connectivity index (χ1v) is 8.25. The lowest BCUT2D eigenvalue weighted by Crippen LogP contribution is -2.05. The molecule has 0 fully saturated rings. The molecule has 1 aliphatic carbocycles. The molecule has 1 nitrogen and oxygen atoms in total. The van der Waals surface area contributed by atoms with Gasteiger partial charge in [0.25, 0.3) is 0 Å². The van der Waals surface area contributed by atoms with Gasteiger partial charge in [-0.2, -0.15) is 0 Å². The summed E-state index contributed by atoms with van der Waals surface area (Å²) >= 11 is 0. The average Bonchev–Trinajstić information content (AvgIpc) is 2.64. The Labute approximate surface area is 145 Å². The van der Waals surface area contributed by atoms with E-state index in [1.807, 2.05) is 6.92 Å². The number of allylic oxidation sites excluding steroid dienone is 7. The van der Waals surface area contributed by atoms with Crippen LogP contribution in [-0.4, -0.2) is 0 Å². The molecule has 3 rings (SSSR count). The Balaban J connectivity index is 0.00000100. The van der Waals surface area contributed by atoms with Crippen LogP contribution in [0, 0.1) is 5.92 Å². The van der Waals surface area contributed by atoms with Crippen molar-refractivity contribution in [1.82, 2.24) is 0 Å². The van der Waals surface area contributed by atoms with E-state index in [0.29, 0.717) is 5.92 Å². The van der Waals surface area contributed by atoms with E-state index < -0.39 is 0 Å². The van der Waals surface area contributed by atoms with Gasteiger partial charge in [0.05, 0.1) is 0 Å². The lowest BCUT2D eigenvalue weighted by Gasteiger charge is -2.17. The van der Waals surface area contributed by atoms with Crippen LogP contribution in [0.25, 0.3) is 10.8 Å². The summed E-state index contributed by atoms with van der Waals surface area (Å²) in [4.78, 5) is 0. The second-order valence-corrected chi connectivity index (χ2v) is 5.63. The summed E-state index contributed by atoms with van der Waals surface area (Å²) < 4.78 is 0. The fraction of sp³-hybridized carbons (Fsp3) is 0.130. The average molecular weight is 315 g/mol. The Bertz CT molecular complexity index is 806. The van der Waals surface area contributed by atoms with Gasteiger partial charge in [0.2, 0.25) is 0 Å². The summed E-state index contributed by atoms with van der Waals surface area (Å²) in [6.45, 7) is 10.3. The minimum Gasteiger partial charge on any atom is -0.356 e. The minimum absolute atomic E-state index is 0.457. The highest BCUT2D eigenvalue weighted by atomic mass is 14.9. The molecular formula is C23H25N. The van der Waals surface area contributed by atoms with Crippen molar-refractivity contribution in [3.8, 4) is 0 Å². The van der Waals surface area contributed by atoms with Crippen LogP contribution in [0.1, 0.15) is 13.8 Å². The van der Waals surface area contributed by atoms with E-state index in [1.54, 1.807) is 0 Å². The highest BCUT2D eigenvalue weighted by Crippen LogP contribution is 2.25. The highest BCUT2D eigenvalue weighted by Gasteiger charge is 2.09. The third kappa shape index (κ3) is 4.36. The molecule has 2 aromatic carbocycles. The molecule has 0 saturated heterocycles. The first-order valence-electron chi connectivity index (χ1n) is 8.25. The fourth-order valence-corrected chi connectivity index (χ4v) is 2.64. The number of nitrogens with one attached hydrogen (secondary N) is 1. The lowest BCUT2D eigenvalue weighted by atomic mass is 9.94. The first-order chi connectivity index (χ1) is 11.8. The van der Waals surface area contributed by atoms with Crippen molar-refractivity contribution in [3.63, 3.8) is 0 Å². The normalized spacial score (nSPS) is 18.3. The minimum atomic E-state index is 0.457. The molecule has 0 saturated carbocycles. The van der Waals surface area contributed by atoms with Crippen LogP contribution in [0.5, 0.6) is 0 Å². The SMILES string of the molecule is C/C=C\C=C1\C=C(Nc2ccc3ccccc3c2)C=CC1C.C=C. The Kier molecular flexibility index (Phi) is 6.39. The molecule has 0 spiro atoms. The summed E-state index contributed by atoms with van der Waals surface area (Å²) in [6.07, 6.45) is 12.9. The first kappa shape index (κ1) is 17.6. The molecule has 0 heterocycles. The van der Waals surface area contributed by atoms with Crippen LogP contribution in [0.4, 0.5) is 5.69 Å². The Morgan fingerprint density at radius 3 is 2.54 bits per heavy atom. The summed E-state index contributed by atoms with van der Waals surface area (Å²) in [7, 11) is 0. The molecule has 1 heteroatoms. The summed E-state index contributed by atoms with van der Waals surface area (Å²) in [5.74, 6) is 0.457. The van der Waals surface area contributed by atoms with Crippen molar-refractivity contribution in [2.24, 2.45) is 5.92 Å². The van der Waals surface area contributed by atoms with Gasteiger partial charge in [-0.25, -0.2) is 0 Å². The van der Waals surface area contributed by atoms with Crippen molar-refractivity contribution < 1.29 is 0 Å². The van der Waals surface area contributed by atoms with E-state index in [1.165, 1.54) is 16.3 Å². The Morgan fingerprint density at radius 1 is 1.04 bits per heavy atom. The topological polar surface area (TPSA) is 12.0 Å². The molecule has 1 atom stereocenters. The maximum atomic E-state index is 3.51. The largest absolute Gasteiger partial charge is 0.356 e. The summed E-state index contributed by atoms with van der Waals surface area (Å²) in [6, 6.07) is 14.9. The number of hydrogen-bond donors (Lipinski definition) is 1. The van der Waals surface area contributed by atoms with Crippen LogP contribution in [0.15, 0.2) is 103 Å². The van der Waals surface area contributed by atoms with Crippen LogP contribution in [-0.2, 0) is 0 Å². The maximum absolute atomic E-state index is 3.51. The van der Waals surface area contributed by atoms with E-state index in [2.05, 4.69) is 104 Å². The van der Waals surface area contributed by atoms with Crippen LogP contribution in [0.2, 0.25) is 0 Å². The van der Waals surface area contributed by atoms with E-state index in [4.69, 9.17) is 0 Å². The zero-order valence-electron chi connectivity index (χ0n) is 14.5. The molecule has 1 aliphatic rings. The third-order valence-corrected chi connectivity index (χ3v) is 3.93. The molecule has 1 unspecified atom stereocenters. The van der Waals surface area contributed by atoms with Gasteiger partial charge in [-0.15, -0.1) is 13.2 Å². The Hall–Kier alpha value is -2.80. The molecule has 2 aromatic rings. The van der Waals surface area contributed by atoms with Crippen molar-refractivity contribution in [2.45, 2.75) is 13.8 Å². The zero-order valence-corrected chi connectivity index (χ0v) is 14.5. The fourth-order valence-electron chi connectivity index (χ4n) is 2.64. The van der Waals surface area contributed by atoms with E-state index in [0.717, 1.165) is 11.4 Å². The molecule has 1 N–H and O–H groups in total. The number of fused-ring (bicyclic) bond motifs is 1. The van der Waals surface area contributed by atoms with Crippen molar-refractivity contribution >= 4 is 16.5 Å². The van der Waals surface area contributed by atoms with Gasteiger partial charge >= 0.3 is 0 Å². The van der Waals surface area contributed by atoms with Gasteiger partial charge in [0.1, 0.15) is 0 Å². The van der Waals surface area contributed by atoms with Crippen LogP contribution < -0.4 is 5.32 Å². The van der Waals surface area contributed by atoms with Crippen molar-refractivity contribution in [2.75, 3.05) is 5.32 Å². The van der Waals surface area contributed by atoms with E-state index in [-0.39, 0.29) is 0 Å². The lowest BCUT2D eigenvalue weighted by molar-refractivity contribution is 0.877. The monoisotopic (exact) mass is 315 g/mol. The zero-order chi connectivity index (χ0) is 17.4. The number of hydrogen-bond acceptors (Lipinski definition) is 1. The molecule has 24 heavy (non-hydrogen) atoms. The van der Waals surface area contributed by atoms with Gasteiger partial charge in [-0.1, -0.05) is 61.6 Å². The number of benzene rings is 2. The predicted molar refractivity (Wildman–Crippen MR) is 108 cm³/mol. The van der Waals surface area contributed by atoms with E-state index >= 15 is 0 Å². The number of rotatable bonds is 3. The molecule has 0 aliphatic heterocycles. The van der Waals surface area contributed by atoms with Gasteiger partial charge in [0, 0.05) is 11.4 Å². The summed E-state index contributed by atoms with van der Waals surface area (Å²) in [5, 5.41) is 6.03. The quantitative estimate of drug-likeness (QED) is 0.625. The molecule has 122 valence electrons. The Morgan fingerprint density at radius 2 is 1.79 bits per heavy atom. The van der Waals surface area contributed by atoms with E-state index in [9.17, 15) is 0 Å². The highest BCUT2D eigenvalue weighted by molar-refractivity contribution is 5.86. The van der Waals surface area contributed by atoms with Crippen molar-refractivity contribution in [3.05, 3.63) is 103 Å². The molecule has 0 aromatic heterocycles. The van der Waals surface area contributed by atoms with Gasteiger partial charge < -0.3 is 5.32 Å². The number of anilines is 1. The van der Waals surface area contributed by atoms with Gasteiger partial charge in [-0.3, -0.25) is 0 Å². The standard InChI is InChI=1S/C21H21N.C2H4/c1-3-4-7-18-14-20(12-10-16(18)2)22-21-13-11-17-8-5-6-9-19(17)15-21;1-2/h3-16,22H,1-2H3;1-2H2/b4-3-,18-7-;. The van der Waals surface area contributed by atoms with Crippen molar-refractivity contribution in [1.29, 1.82) is 0 Å². The molecular weight excluding hydrogens is 290 g/mol. The second kappa shape index (κ2) is 8.73. The molecule has 0 amide bonds. The van der Waals surface area contributed by atoms with Crippen LogP contribution in [0.3, 0.4) is 0 Å². The molecule has 0 radical (unpaired) electrons. The third-order valence-electron chi connectivity index (χ3n) is 3.93. The second-order valence-electron chi connectivity index (χ2n) is 5.63. The van der Waals surface area contributed by atoms with Gasteiger partial charge in [-0.05, 0) is 53.5 Å². The summed E-state index contributed by atoms with van der Waals surface area (Å²) in [5.41, 5.74) is 3.57.